The number of alkyl halides is 3. The lowest BCUT2D eigenvalue weighted by atomic mass is 10.2. The molecule has 3 rings (SSSR count). The lowest BCUT2D eigenvalue weighted by Gasteiger charge is -2.04. The summed E-state index contributed by atoms with van der Waals surface area (Å²) in [6.45, 7) is 4.45. The van der Waals surface area contributed by atoms with Crippen LogP contribution in [-0.4, -0.2) is 32.0 Å². The van der Waals surface area contributed by atoms with Gasteiger partial charge in [0.15, 0.2) is 0 Å². The summed E-state index contributed by atoms with van der Waals surface area (Å²) in [4.78, 5) is 19.5. The number of hydrogen-bond donors (Lipinski definition) is 1. The predicted octanol–water partition coefficient (Wildman–Crippen LogP) is 2.79. The first-order valence-electron chi connectivity index (χ1n) is 7.42. The zero-order valence-electron chi connectivity index (χ0n) is 13.3. The second kappa shape index (κ2) is 6.19. The molecule has 0 aliphatic heterocycles. The van der Waals surface area contributed by atoms with Gasteiger partial charge < -0.3 is 14.2 Å². The van der Waals surface area contributed by atoms with E-state index >= 15 is 0 Å². The van der Waals surface area contributed by atoms with Gasteiger partial charge in [-0.15, -0.1) is 0 Å². The van der Waals surface area contributed by atoms with E-state index in [2.05, 4.69) is 25.0 Å². The Balaban J connectivity index is 1.87. The Hall–Kier alpha value is -2.91. The average molecular weight is 353 g/mol. The zero-order valence-corrected chi connectivity index (χ0v) is 13.3. The van der Waals surface area contributed by atoms with E-state index in [0.717, 1.165) is 0 Å². The fraction of sp³-hybridized carbons (Fsp3) is 0.333. The van der Waals surface area contributed by atoms with Crippen LogP contribution in [0, 0.1) is 5.92 Å². The maximum Gasteiger partial charge on any atom is 0.471 e. The third kappa shape index (κ3) is 3.62. The molecular formula is C15H14F3N5O2. The fourth-order valence-corrected chi connectivity index (χ4v) is 2.07. The smallest absolute Gasteiger partial charge is 0.350 e. The van der Waals surface area contributed by atoms with Gasteiger partial charge in [-0.25, -0.2) is 4.98 Å². The van der Waals surface area contributed by atoms with E-state index < -0.39 is 12.1 Å². The number of rotatable bonds is 4. The third-order valence-electron chi connectivity index (χ3n) is 3.29. The number of hydrogen-bond acceptors (Lipinski definition) is 5. The van der Waals surface area contributed by atoms with Crippen molar-refractivity contribution in [3.05, 3.63) is 36.1 Å². The molecule has 0 unspecified atom stereocenters. The van der Waals surface area contributed by atoms with Crippen LogP contribution in [0.15, 0.2) is 29.0 Å². The molecule has 1 N–H and O–H groups in total. The molecule has 1 amide bonds. The Morgan fingerprint density at radius 3 is 2.76 bits per heavy atom. The molecule has 0 aliphatic rings. The normalized spacial score (nSPS) is 12.1. The Morgan fingerprint density at radius 1 is 1.36 bits per heavy atom. The summed E-state index contributed by atoms with van der Waals surface area (Å²) >= 11 is 0. The molecule has 0 aromatic carbocycles. The summed E-state index contributed by atoms with van der Waals surface area (Å²) in [5.74, 6) is -1.64. The second-order valence-corrected chi connectivity index (χ2v) is 5.83. The Morgan fingerprint density at radius 2 is 2.12 bits per heavy atom. The van der Waals surface area contributed by atoms with Gasteiger partial charge in [0, 0.05) is 24.5 Å². The highest BCUT2D eigenvalue weighted by Gasteiger charge is 2.38. The third-order valence-corrected chi connectivity index (χ3v) is 3.29. The Labute approximate surface area is 139 Å². The van der Waals surface area contributed by atoms with Gasteiger partial charge in [-0.3, -0.25) is 4.79 Å². The Kier molecular flexibility index (Phi) is 4.19. The average Bonchev–Trinajstić information content (AvgIpc) is 3.17. The molecule has 3 heterocycles. The van der Waals surface area contributed by atoms with Crippen LogP contribution in [0.2, 0.25) is 0 Å². The van der Waals surface area contributed by atoms with Crippen LogP contribution < -0.4 is 5.32 Å². The van der Waals surface area contributed by atoms with Gasteiger partial charge in [-0.1, -0.05) is 19.0 Å². The summed E-state index contributed by atoms with van der Waals surface area (Å²) in [6, 6.07) is 2.99. The van der Waals surface area contributed by atoms with Crippen LogP contribution in [0.5, 0.6) is 0 Å². The molecule has 0 fully saturated rings. The monoisotopic (exact) mass is 353 g/mol. The topological polar surface area (TPSA) is 85.3 Å². The van der Waals surface area contributed by atoms with E-state index in [1.165, 1.54) is 18.3 Å². The van der Waals surface area contributed by atoms with Crippen LogP contribution in [0.25, 0.3) is 17.0 Å². The number of fused-ring (bicyclic) bond motifs is 1. The summed E-state index contributed by atoms with van der Waals surface area (Å²) < 4.78 is 43.4. The minimum absolute atomic E-state index is 0.205. The number of nitrogens with one attached hydrogen (secondary N) is 1. The van der Waals surface area contributed by atoms with Crippen molar-refractivity contribution < 1.29 is 22.5 Å². The first-order valence-corrected chi connectivity index (χ1v) is 7.42. The van der Waals surface area contributed by atoms with Crippen LogP contribution in [-0.2, 0) is 6.18 Å². The molecule has 0 radical (unpaired) electrons. The lowest BCUT2D eigenvalue weighted by Crippen LogP contribution is -2.27. The first kappa shape index (κ1) is 16.9. The van der Waals surface area contributed by atoms with Crippen molar-refractivity contribution in [2.24, 2.45) is 5.92 Å². The zero-order chi connectivity index (χ0) is 18.2. The SMILES string of the molecule is CC(C)CNC(=O)c1cn2ccc(-c3noc(C(F)(F)F)n3)cc2n1. The number of pyridine rings is 1. The van der Waals surface area contributed by atoms with Crippen molar-refractivity contribution in [3.63, 3.8) is 0 Å². The van der Waals surface area contributed by atoms with Crippen LogP contribution >= 0.6 is 0 Å². The van der Waals surface area contributed by atoms with Crippen LogP contribution in [0.1, 0.15) is 30.2 Å². The van der Waals surface area contributed by atoms with Crippen molar-refractivity contribution >= 4 is 11.6 Å². The fourth-order valence-electron chi connectivity index (χ4n) is 2.07. The molecule has 0 saturated heterocycles. The van der Waals surface area contributed by atoms with Gasteiger partial charge in [0.25, 0.3) is 5.91 Å². The van der Waals surface area contributed by atoms with Gasteiger partial charge in [0.2, 0.25) is 5.82 Å². The maximum absolute atomic E-state index is 12.5. The first-order chi connectivity index (χ1) is 11.7. The number of halogens is 3. The highest BCUT2D eigenvalue weighted by atomic mass is 19.4. The molecule has 132 valence electrons. The molecular weight excluding hydrogens is 339 g/mol. The van der Waals surface area contributed by atoms with Gasteiger partial charge in [0.05, 0.1) is 0 Å². The molecule has 3 aromatic heterocycles. The Bertz CT molecular complexity index is 913. The molecule has 7 nitrogen and oxygen atoms in total. The maximum atomic E-state index is 12.5. The van der Waals surface area contributed by atoms with Crippen LogP contribution in [0.3, 0.4) is 0 Å². The van der Waals surface area contributed by atoms with Crippen LogP contribution in [0.4, 0.5) is 13.2 Å². The molecule has 10 heteroatoms. The number of imidazole rings is 1. The van der Waals surface area contributed by atoms with E-state index in [9.17, 15) is 18.0 Å². The van der Waals surface area contributed by atoms with Crippen molar-refractivity contribution in [2.45, 2.75) is 20.0 Å². The number of carbonyl (C=O) groups is 1. The van der Waals surface area contributed by atoms with E-state index in [4.69, 9.17) is 0 Å². The van der Waals surface area contributed by atoms with Crippen molar-refractivity contribution in [3.8, 4) is 11.4 Å². The number of nitrogens with zero attached hydrogens (tertiary/aromatic N) is 4. The molecule has 0 saturated carbocycles. The summed E-state index contributed by atoms with van der Waals surface area (Å²) in [7, 11) is 0. The van der Waals surface area contributed by atoms with Gasteiger partial charge >= 0.3 is 12.1 Å². The standard InChI is InChI=1S/C15H14F3N5O2/c1-8(2)6-19-13(24)10-7-23-4-3-9(5-11(23)20-10)12-21-14(25-22-12)15(16,17)18/h3-5,7-8H,6H2,1-2H3,(H,19,24). The number of carbonyl (C=O) groups excluding carboxylic acids is 1. The quantitative estimate of drug-likeness (QED) is 0.780. The molecule has 3 aromatic rings. The minimum atomic E-state index is -4.70. The second-order valence-electron chi connectivity index (χ2n) is 5.83. The summed E-state index contributed by atoms with van der Waals surface area (Å²) in [6.07, 6.45) is -1.61. The van der Waals surface area contributed by atoms with E-state index in [1.807, 2.05) is 13.8 Å². The van der Waals surface area contributed by atoms with Crippen molar-refractivity contribution in [1.82, 2.24) is 24.8 Å². The molecule has 0 atom stereocenters. The lowest BCUT2D eigenvalue weighted by molar-refractivity contribution is -0.159. The highest BCUT2D eigenvalue weighted by molar-refractivity contribution is 5.92. The van der Waals surface area contributed by atoms with Gasteiger partial charge in [-0.2, -0.15) is 18.2 Å². The minimum Gasteiger partial charge on any atom is -0.350 e. The molecule has 0 spiro atoms. The molecule has 0 bridgehead atoms. The summed E-state index contributed by atoms with van der Waals surface area (Å²) in [5, 5.41) is 6.07. The summed E-state index contributed by atoms with van der Waals surface area (Å²) in [5.41, 5.74) is 0.888. The van der Waals surface area contributed by atoms with E-state index in [0.29, 0.717) is 23.7 Å². The predicted molar refractivity (Wildman–Crippen MR) is 80.7 cm³/mol. The van der Waals surface area contributed by atoms with Crippen molar-refractivity contribution in [1.29, 1.82) is 0 Å². The van der Waals surface area contributed by atoms with E-state index in [1.54, 1.807) is 10.6 Å². The van der Waals surface area contributed by atoms with Gasteiger partial charge in [-0.05, 0) is 18.1 Å². The van der Waals surface area contributed by atoms with Gasteiger partial charge in [0.1, 0.15) is 11.3 Å². The van der Waals surface area contributed by atoms with E-state index in [-0.39, 0.29) is 17.4 Å². The van der Waals surface area contributed by atoms with Crippen molar-refractivity contribution in [2.75, 3.05) is 6.54 Å². The largest absolute Gasteiger partial charge is 0.471 e. The highest BCUT2D eigenvalue weighted by Crippen LogP contribution is 2.29. The number of amides is 1. The molecule has 0 aliphatic carbocycles. The molecule has 25 heavy (non-hydrogen) atoms. The number of aromatic nitrogens is 4.